The third kappa shape index (κ3) is 2.04. The summed E-state index contributed by atoms with van der Waals surface area (Å²) in [6.45, 7) is 10.4. The Morgan fingerprint density at radius 1 is 1.27 bits per heavy atom. The van der Waals surface area contributed by atoms with Gasteiger partial charge in [0.2, 0.25) is 0 Å². The van der Waals surface area contributed by atoms with Gasteiger partial charge in [0, 0.05) is 0 Å². The highest BCUT2D eigenvalue weighted by Gasteiger charge is 2.31. The molecule has 0 saturated carbocycles. The molecule has 0 spiro atoms. The van der Waals surface area contributed by atoms with Crippen molar-refractivity contribution >= 4 is 0 Å². The van der Waals surface area contributed by atoms with Gasteiger partial charge in [-0.3, -0.25) is 0 Å². The average Bonchev–Trinajstić information content (AvgIpc) is 2.16. The van der Waals surface area contributed by atoms with E-state index in [2.05, 4.69) is 52.0 Å². The maximum atomic E-state index is 9.35. The van der Waals surface area contributed by atoms with Crippen LogP contribution in [0, 0.1) is 31.1 Å². The highest BCUT2D eigenvalue weighted by atomic mass is 14.4. The minimum absolute atomic E-state index is 0.323. The van der Waals surface area contributed by atoms with E-state index >= 15 is 0 Å². The van der Waals surface area contributed by atoms with Crippen molar-refractivity contribution < 1.29 is 0 Å². The van der Waals surface area contributed by atoms with Crippen molar-refractivity contribution in [2.45, 2.75) is 40.0 Å². The zero-order valence-electron chi connectivity index (χ0n) is 10.3. The molecule has 1 nitrogen and oxygen atoms in total. The molecule has 0 aromatic heterocycles. The second-order valence-corrected chi connectivity index (χ2v) is 4.79. The molecule has 1 atom stereocenters. The lowest BCUT2D eigenvalue weighted by molar-refractivity contribution is 0.429. The van der Waals surface area contributed by atoms with Crippen molar-refractivity contribution in [2.75, 3.05) is 0 Å². The summed E-state index contributed by atoms with van der Waals surface area (Å²) in [7, 11) is 0. The number of hydrogen-bond donors (Lipinski definition) is 0. The van der Waals surface area contributed by atoms with Crippen LogP contribution in [0.25, 0.3) is 0 Å². The molecule has 1 aromatic rings. The summed E-state index contributed by atoms with van der Waals surface area (Å²) in [4.78, 5) is 0. The molecule has 0 amide bonds. The molecule has 1 heteroatoms. The van der Waals surface area contributed by atoms with Crippen LogP contribution in [0.3, 0.4) is 0 Å². The molecule has 0 heterocycles. The van der Waals surface area contributed by atoms with E-state index in [0.29, 0.717) is 5.92 Å². The van der Waals surface area contributed by atoms with Gasteiger partial charge in [-0.25, -0.2) is 0 Å². The van der Waals surface area contributed by atoms with E-state index in [0.717, 1.165) is 5.56 Å². The van der Waals surface area contributed by atoms with Crippen LogP contribution in [0.2, 0.25) is 0 Å². The van der Waals surface area contributed by atoms with Gasteiger partial charge in [-0.1, -0.05) is 37.6 Å². The topological polar surface area (TPSA) is 23.8 Å². The SMILES string of the molecule is Cc1ccc(C(C)(C#N)C(C)C)c(C)c1. The minimum atomic E-state index is -0.377. The first-order valence-corrected chi connectivity index (χ1v) is 5.41. The van der Waals surface area contributed by atoms with Gasteiger partial charge < -0.3 is 0 Å². The first-order chi connectivity index (χ1) is 6.91. The van der Waals surface area contributed by atoms with Gasteiger partial charge in [-0.05, 0) is 37.8 Å². The highest BCUT2D eigenvalue weighted by molar-refractivity contribution is 5.40. The monoisotopic (exact) mass is 201 g/mol. The largest absolute Gasteiger partial charge is 0.197 e. The first-order valence-electron chi connectivity index (χ1n) is 5.41. The number of rotatable bonds is 2. The van der Waals surface area contributed by atoms with Crippen molar-refractivity contribution in [3.05, 3.63) is 34.9 Å². The van der Waals surface area contributed by atoms with E-state index in [9.17, 15) is 5.26 Å². The predicted molar refractivity (Wildman–Crippen MR) is 63.7 cm³/mol. The van der Waals surface area contributed by atoms with Crippen molar-refractivity contribution in [3.63, 3.8) is 0 Å². The Labute approximate surface area is 92.7 Å². The number of hydrogen-bond acceptors (Lipinski definition) is 1. The number of nitriles is 1. The van der Waals surface area contributed by atoms with Gasteiger partial charge in [0.25, 0.3) is 0 Å². The van der Waals surface area contributed by atoms with Gasteiger partial charge in [-0.15, -0.1) is 0 Å². The smallest absolute Gasteiger partial charge is 0.0819 e. The maximum Gasteiger partial charge on any atom is 0.0819 e. The third-order valence-corrected chi connectivity index (χ3v) is 3.33. The normalized spacial score (nSPS) is 14.7. The van der Waals surface area contributed by atoms with E-state index in [1.54, 1.807) is 0 Å². The first kappa shape index (κ1) is 11.8. The molecule has 1 aromatic carbocycles. The van der Waals surface area contributed by atoms with E-state index in [4.69, 9.17) is 0 Å². The van der Waals surface area contributed by atoms with Crippen molar-refractivity contribution in [1.82, 2.24) is 0 Å². The zero-order valence-corrected chi connectivity index (χ0v) is 10.3. The van der Waals surface area contributed by atoms with Gasteiger partial charge in [-0.2, -0.15) is 5.26 Å². The van der Waals surface area contributed by atoms with Crippen LogP contribution in [0.4, 0.5) is 0 Å². The summed E-state index contributed by atoms with van der Waals surface area (Å²) in [5, 5.41) is 9.35. The Kier molecular flexibility index (Phi) is 3.19. The number of aryl methyl sites for hydroxylation is 2. The minimum Gasteiger partial charge on any atom is -0.197 e. The fourth-order valence-electron chi connectivity index (χ4n) is 1.90. The van der Waals surface area contributed by atoms with E-state index in [1.807, 2.05) is 6.92 Å². The zero-order chi connectivity index (χ0) is 11.6. The fourth-order valence-corrected chi connectivity index (χ4v) is 1.90. The highest BCUT2D eigenvalue weighted by Crippen LogP contribution is 2.33. The van der Waals surface area contributed by atoms with Crippen LogP contribution in [-0.4, -0.2) is 0 Å². The van der Waals surface area contributed by atoms with E-state index < -0.39 is 0 Å². The molecule has 0 aliphatic carbocycles. The predicted octanol–water partition coefficient (Wildman–Crippen LogP) is 3.74. The lowest BCUT2D eigenvalue weighted by Crippen LogP contribution is -2.27. The van der Waals surface area contributed by atoms with Gasteiger partial charge >= 0.3 is 0 Å². The Morgan fingerprint density at radius 2 is 1.87 bits per heavy atom. The maximum absolute atomic E-state index is 9.35. The summed E-state index contributed by atoms with van der Waals surface area (Å²) < 4.78 is 0. The Bertz CT molecular complexity index is 398. The molecule has 0 aliphatic heterocycles. The summed E-state index contributed by atoms with van der Waals surface area (Å²) in [6.07, 6.45) is 0. The molecule has 0 saturated heterocycles. The third-order valence-electron chi connectivity index (χ3n) is 3.33. The van der Waals surface area contributed by atoms with Gasteiger partial charge in [0.05, 0.1) is 11.5 Å². The summed E-state index contributed by atoms with van der Waals surface area (Å²) in [5.74, 6) is 0.323. The van der Waals surface area contributed by atoms with Crippen molar-refractivity contribution in [1.29, 1.82) is 5.26 Å². The second-order valence-electron chi connectivity index (χ2n) is 4.79. The molecule has 0 fully saturated rings. The lowest BCUT2D eigenvalue weighted by Gasteiger charge is -2.28. The molecule has 0 N–H and O–H groups in total. The molecule has 80 valence electrons. The van der Waals surface area contributed by atoms with Crippen LogP contribution in [-0.2, 0) is 5.41 Å². The molecular formula is C14H19N. The van der Waals surface area contributed by atoms with Crippen molar-refractivity contribution in [3.8, 4) is 6.07 Å². The molecule has 0 aliphatic rings. The van der Waals surface area contributed by atoms with Crippen LogP contribution in [0.1, 0.15) is 37.5 Å². The summed E-state index contributed by atoms with van der Waals surface area (Å²) >= 11 is 0. The molecule has 15 heavy (non-hydrogen) atoms. The van der Waals surface area contributed by atoms with Crippen LogP contribution < -0.4 is 0 Å². The Morgan fingerprint density at radius 3 is 2.27 bits per heavy atom. The average molecular weight is 201 g/mol. The Balaban J connectivity index is 3.32. The Hall–Kier alpha value is -1.29. The molecule has 0 radical (unpaired) electrons. The molecule has 1 rings (SSSR count). The summed E-state index contributed by atoms with van der Waals surface area (Å²) in [5.41, 5.74) is 3.25. The lowest BCUT2D eigenvalue weighted by atomic mass is 9.73. The summed E-state index contributed by atoms with van der Waals surface area (Å²) in [6, 6.07) is 8.78. The fraction of sp³-hybridized carbons (Fsp3) is 0.500. The number of benzene rings is 1. The second kappa shape index (κ2) is 4.06. The van der Waals surface area contributed by atoms with Crippen molar-refractivity contribution in [2.24, 2.45) is 5.92 Å². The quantitative estimate of drug-likeness (QED) is 0.715. The van der Waals surface area contributed by atoms with Crippen LogP contribution in [0.15, 0.2) is 18.2 Å². The number of nitrogens with zero attached hydrogens (tertiary/aromatic N) is 1. The van der Waals surface area contributed by atoms with E-state index in [1.165, 1.54) is 11.1 Å². The standard InChI is InChI=1S/C14H19N/c1-10(2)14(5,9-15)13-7-6-11(3)8-12(13)4/h6-8,10H,1-5H3. The van der Waals surface area contributed by atoms with Crippen LogP contribution >= 0.6 is 0 Å². The van der Waals surface area contributed by atoms with Gasteiger partial charge in [0.15, 0.2) is 0 Å². The molecule has 0 bridgehead atoms. The molecular weight excluding hydrogens is 182 g/mol. The van der Waals surface area contributed by atoms with E-state index in [-0.39, 0.29) is 5.41 Å². The van der Waals surface area contributed by atoms with Gasteiger partial charge in [0.1, 0.15) is 0 Å². The molecule has 1 unspecified atom stereocenters. The van der Waals surface area contributed by atoms with Crippen LogP contribution in [0.5, 0.6) is 0 Å².